The zero-order valence-electron chi connectivity index (χ0n) is 18.1. The Labute approximate surface area is 176 Å². The smallest absolute Gasteiger partial charge is 0.226 e. The summed E-state index contributed by atoms with van der Waals surface area (Å²) in [6.45, 7) is 8.61. The summed E-state index contributed by atoms with van der Waals surface area (Å²) < 4.78 is 7.12. The van der Waals surface area contributed by atoms with E-state index < -0.39 is 5.60 Å². The number of nitrogens with zero attached hydrogens (tertiary/aromatic N) is 4. The lowest BCUT2D eigenvalue weighted by molar-refractivity contribution is 0.0672. The lowest BCUT2D eigenvalue weighted by atomic mass is 10.0. The SMILES string of the molecule is CCn1cnc2c(NCc3cccc(OC)c3O)nc(NC(C)CC(C)(C)O)nc21. The fourth-order valence-corrected chi connectivity index (χ4v) is 3.44. The lowest BCUT2D eigenvalue weighted by Gasteiger charge is -2.23. The van der Waals surface area contributed by atoms with Crippen LogP contribution < -0.4 is 15.4 Å². The van der Waals surface area contributed by atoms with Crippen LogP contribution in [0.1, 0.15) is 39.7 Å². The van der Waals surface area contributed by atoms with Gasteiger partial charge in [0.25, 0.3) is 0 Å². The van der Waals surface area contributed by atoms with Crippen LogP contribution in [0.2, 0.25) is 0 Å². The molecule has 0 aliphatic rings. The number of hydrogen-bond acceptors (Lipinski definition) is 8. The molecule has 3 aromatic rings. The molecular weight excluding hydrogens is 384 g/mol. The number of aromatic hydroxyl groups is 1. The van der Waals surface area contributed by atoms with Crippen molar-refractivity contribution < 1.29 is 14.9 Å². The molecular formula is C21H30N6O3. The van der Waals surface area contributed by atoms with Crippen molar-refractivity contribution >= 4 is 22.9 Å². The van der Waals surface area contributed by atoms with Crippen LogP contribution in [0.5, 0.6) is 11.5 Å². The summed E-state index contributed by atoms with van der Waals surface area (Å²) in [5.74, 6) is 1.52. The van der Waals surface area contributed by atoms with Gasteiger partial charge in [0.05, 0.1) is 19.0 Å². The molecule has 0 amide bonds. The minimum absolute atomic E-state index is 0.0317. The molecule has 0 spiro atoms. The molecule has 1 aromatic carbocycles. The Hall–Kier alpha value is -3.07. The van der Waals surface area contributed by atoms with E-state index in [1.54, 1.807) is 26.2 Å². The number of rotatable bonds is 9. The number of ether oxygens (including phenoxy) is 1. The van der Waals surface area contributed by atoms with Crippen molar-refractivity contribution in [1.29, 1.82) is 0 Å². The highest BCUT2D eigenvalue weighted by Crippen LogP contribution is 2.30. The number of anilines is 2. The molecule has 9 heteroatoms. The average Bonchev–Trinajstić information content (AvgIpc) is 3.08. The number of benzene rings is 1. The normalized spacial score (nSPS) is 12.7. The van der Waals surface area contributed by atoms with E-state index in [0.29, 0.717) is 47.2 Å². The second-order valence-electron chi connectivity index (χ2n) is 7.98. The molecule has 162 valence electrons. The molecule has 30 heavy (non-hydrogen) atoms. The summed E-state index contributed by atoms with van der Waals surface area (Å²) in [4.78, 5) is 13.7. The molecule has 9 nitrogen and oxygen atoms in total. The molecule has 1 atom stereocenters. The molecule has 0 saturated carbocycles. The number of phenolic OH excluding ortho intramolecular Hbond substituents is 1. The average molecular weight is 415 g/mol. The maximum Gasteiger partial charge on any atom is 0.226 e. The van der Waals surface area contributed by atoms with Crippen molar-refractivity contribution in [3.8, 4) is 11.5 Å². The van der Waals surface area contributed by atoms with E-state index in [2.05, 4.69) is 25.6 Å². The van der Waals surface area contributed by atoms with E-state index in [1.807, 2.05) is 30.5 Å². The van der Waals surface area contributed by atoms with Gasteiger partial charge >= 0.3 is 0 Å². The highest BCUT2D eigenvalue weighted by molar-refractivity contribution is 5.84. The molecule has 0 bridgehead atoms. The van der Waals surface area contributed by atoms with Crippen LogP contribution in [0, 0.1) is 0 Å². The summed E-state index contributed by atoms with van der Waals surface area (Å²) in [6.07, 6.45) is 2.28. The Morgan fingerprint density at radius 3 is 2.70 bits per heavy atom. The highest BCUT2D eigenvalue weighted by Gasteiger charge is 2.19. The van der Waals surface area contributed by atoms with Crippen LogP contribution in [0.3, 0.4) is 0 Å². The molecule has 1 unspecified atom stereocenters. The van der Waals surface area contributed by atoms with Crippen LogP contribution in [0.15, 0.2) is 24.5 Å². The van der Waals surface area contributed by atoms with E-state index in [4.69, 9.17) is 4.74 Å². The molecule has 2 heterocycles. The predicted octanol–water partition coefficient (Wildman–Crippen LogP) is 3.13. The largest absolute Gasteiger partial charge is 0.504 e. The van der Waals surface area contributed by atoms with Gasteiger partial charge in [0, 0.05) is 24.7 Å². The summed E-state index contributed by atoms with van der Waals surface area (Å²) in [7, 11) is 1.52. The van der Waals surface area contributed by atoms with Gasteiger partial charge < -0.3 is 30.2 Å². The van der Waals surface area contributed by atoms with Crippen molar-refractivity contribution in [2.75, 3.05) is 17.7 Å². The summed E-state index contributed by atoms with van der Waals surface area (Å²) in [5, 5.41) is 27.0. The topological polar surface area (TPSA) is 117 Å². The Balaban J connectivity index is 1.90. The standard InChI is InChI=1S/C21H30N6O3/c1-6-27-12-23-16-18(22-11-14-8-7-9-15(30-5)17(14)28)25-20(26-19(16)27)24-13(2)10-21(3,4)29/h7-9,12-13,28-29H,6,10-11H2,1-5H3,(H2,22,24,25,26). The first-order valence-electron chi connectivity index (χ1n) is 10.0. The van der Waals surface area contributed by atoms with E-state index in [1.165, 1.54) is 7.11 Å². The maximum absolute atomic E-state index is 10.4. The number of aromatic nitrogens is 4. The first kappa shape index (κ1) is 21.6. The maximum atomic E-state index is 10.4. The number of hydrogen-bond donors (Lipinski definition) is 4. The lowest BCUT2D eigenvalue weighted by Crippen LogP contribution is -2.29. The van der Waals surface area contributed by atoms with Crippen molar-refractivity contribution in [3.63, 3.8) is 0 Å². The van der Waals surface area contributed by atoms with Gasteiger partial charge in [-0.1, -0.05) is 12.1 Å². The number of methoxy groups -OCH3 is 1. The van der Waals surface area contributed by atoms with Crippen LogP contribution in [0.4, 0.5) is 11.8 Å². The van der Waals surface area contributed by atoms with Gasteiger partial charge in [-0.2, -0.15) is 9.97 Å². The number of fused-ring (bicyclic) bond motifs is 1. The first-order valence-corrected chi connectivity index (χ1v) is 10.0. The number of para-hydroxylation sites is 1. The van der Waals surface area contributed by atoms with Crippen molar-refractivity contribution in [2.45, 2.75) is 58.8 Å². The molecule has 3 rings (SSSR count). The second kappa shape index (κ2) is 8.74. The van der Waals surface area contributed by atoms with E-state index in [-0.39, 0.29) is 11.8 Å². The zero-order chi connectivity index (χ0) is 21.9. The minimum Gasteiger partial charge on any atom is -0.504 e. The van der Waals surface area contributed by atoms with Crippen LogP contribution in [-0.4, -0.2) is 48.5 Å². The molecule has 0 aliphatic heterocycles. The Morgan fingerprint density at radius 2 is 2.03 bits per heavy atom. The number of phenols is 1. The van der Waals surface area contributed by atoms with Gasteiger partial charge in [-0.3, -0.25) is 0 Å². The van der Waals surface area contributed by atoms with Crippen LogP contribution >= 0.6 is 0 Å². The van der Waals surface area contributed by atoms with Crippen molar-refractivity contribution in [1.82, 2.24) is 19.5 Å². The van der Waals surface area contributed by atoms with Crippen LogP contribution in [-0.2, 0) is 13.1 Å². The molecule has 2 aromatic heterocycles. The second-order valence-corrected chi connectivity index (χ2v) is 7.98. The third-order valence-electron chi connectivity index (χ3n) is 4.73. The number of aryl methyl sites for hydroxylation is 1. The van der Waals surface area contributed by atoms with Crippen LogP contribution in [0.25, 0.3) is 11.2 Å². The summed E-state index contributed by atoms with van der Waals surface area (Å²) >= 11 is 0. The Kier molecular flexibility index (Phi) is 6.31. The first-order chi connectivity index (χ1) is 14.2. The van der Waals surface area contributed by atoms with Gasteiger partial charge in [-0.05, 0) is 40.2 Å². The van der Waals surface area contributed by atoms with Gasteiger partial charge in [-0.15, -0.1) is 0 Å². The third-order valence-corrected chi connectivity index (χ3v) is 4.73. The predicted molar refractivity (Wildman–Crippen MR) is 117 cm³/mol. The Bertz CT molecular complexity index is 1010. The van der Waals surface area contributed by atoms with Gasteiger partial charge in [0.2, 0.25) is 5.95 Å². The number of aliphatic hydroxyl groups is 1. The summed E-state index contributed by atoms with van der Waals surface area (Å²) in [5.41, 5.74) is 1.25. The van der Waals surface area contributed by atoms with Crippen molar-refractivity contribution in [3.05, 3.63) is 30.1 Å². The minimum atomic E-state index is -0.799. The quantitative estimate of drug-likeness (QED) is 0.422. The van der Waals surface area contributed by atoms with E-state index >= 15 is 0 Å². The van der Waals surface area contributed by atoms with E-state index in [9.17, 15) is 10.2 Å². The monoisotopic (exact) mass is 414 g/mol. The van der Waals surface area contributed by atoms with Crippen molar-refractivity contribution in [2.24, 2.45) is 0 Å². The zero-order valence-corrected chi connectivity index (χ0v) is 18.1. The van der Waals surface area contributed by atoms with Gasteiger partial charge in [0.15, 0.2) is 28.5 Å². The molecule has 4 N–H and O–H groups in total. The van der Waals surface area contributed by atoms with Gasteiger partial charge in [0.1, 0.15) is 0 Å². The molecule has 0 aliphatic carbocycles. The summed E-state index contributed by atoms with van der Waals surface area (Å²) in [6, 6.07) is 5.31. The fraction of sp³-hybridized carbons (Fsp3) is 0.476. The highest BCUT2D eigenvalue weighted by atomic mass is 16.5. The Morgan fingerprint density at radius 1 is 1.27 bits per heavy atom. The number of nitrogens with one attached hydrogen (secondary N) is 2. The van der Waals surface area contributed by atoms with Gasteiger partial charge in [-0.25, -0.2) is 4.98 Å². The fourth-order valence-electron chi connectivity index (χ4n) is 3.44. The molecule has 0 fully saturated rings. The molecule has 0 radical (unpaired) electrons. The van der Waals surface area contributed by atoms with E-state index in [0.717, 1.165) is 6.54 Å². The third kappa shape index (κ3) is 4.91. The number of imidazole rings is 1. The molecule has 0 saturated heterocycles.